The van der Waals surface area contributed by atoms with E-state index in [0.29, 0.717) is 5.78 Å². The third-order valence-electron chi connectivity index (χ3n) is 2.40. The Morgan fingerprint density at radius 3 is 3.00 bits per heavy atom. The summed E-state index contributed by atoms with van der Waals surface area (Å²) in [5.41, 5.74) is 0.179. The highest BCUT2D eigenvalue weighted by Crippen LogP contribution is 2.44. The zero-order chi connectivity index (χ0) is 8.89. The van der Waals surface area contributed by atoms with Crippen LogP contribution in [0.4, 0.5) is 0 Å². The Kier molecular flexibility index (Phi) is 1.10. The molecule has 1 N–H and O–H groups in total. The molecule has 13 heavy (non-hydrogen) atoms. The van der Waals surface area contributed by atoms with Crippen LogP contribution in [-0.4, -0.2) is 24.7 Å². The van der Waals surface area contributed by atoms with Gasteiger partial charge in [0.15, 0.2) is 0 Å². The van der Waals surface area contributed by atoms with Crippen LogP contribution in [0, 0.1) is 0 Å². The number of nitrogens with zero attached hydrogens (tertiary/aromatic N) is 4. The molecule has 5 heteroatoms. The smallest absolute Gasteiger partial charge is 0.252 e. The summed E-state index contributed by atoms with van der Waals surface area (Å²) in [7, 11) is 0. The zero-order valence-corrected chi connectivity index (χ0v) is 6.88. The molecule has 3 rings (SSSR count). The third kappa shape index (κ3) is 0.936. The van der Waals surface area contributed by atoms with Gasteiger partial charge in [-0.2, -0.15) is 10.1 Å². The van der Waals surface area contributed by atoms with E-state index >= 15 is 0 Å². The largest absolute Gasteiger partial charge is 0.385 e. The summed E-state index contributed by atoms with van der Waals surface area (Å²) >= 11 is 0. The van der Waals surface area contributed by atoms with Gasteiger partial charge in [-0.15, -0.1) is 0 Å². The van der Waals surface area contributed by atoms with E-state index in [1.54, 1.807) is 16.9 Å². The van der Waals surface area contributed by atoms with Crippen LogP contribution in [0.5, 0.6) is 0 Å². The van der Waals surface area contributed by atoms with Gasteiger partial charge in [0.1, 0.15) is 6.33 Å². The van der Waals surface area contributed by atoms with Crippen LogP contribution >= 0.6 is 0 Å². The molecule has 1 saturated carbocycles. The fourth-order valence-corrected chi connectivity index (χ4v) is 1.37. The van der Waals surface area contributed by atoms with E-state index in [9.17, 15) is 5.11 Å². The maximum absolute atomic E-state index is 9.80. The van der Waals surface area contributed by atoms with Crippen molar-refractivity contribution < 1.29 is 5.11 Å². The Labute approximate surface area is 74.1 Å². The standard InChI is InChI=1S/C8H8N4O/c13-8(1-2-8)6-3-9-7-10-5-11-12(7)4-6/h3-5,13H,1-2H2. The van der Waals surface area contributed by atoms with Gasteiger partial charge in [-0.3, -0.25) is 0 Å². The molecular formula is C8H8N4O. The second-order valence-corrected chi connectivity index (χ2v) is 3.38. The molecule has 5 nitrogen and oxygen atoms in total. The fourth-order valence-electron chi connectivity index (χ4n) is 1.37. The van der Waals surface area contributed by atoms with Gasteiger partial charge in [-0.25, -0.2) is 9.50 Å². The highest BCUT2D eigenvalue weighted by Gasteiger charge is 2.42. The molecule has 0 atom stereocenters. The van der Waals surface area contributed by atoms with E-state index in [-0.39, 0.29) is 0 Å². The average molecular weight is 176 g/mol. The van der Waals surface area contributed by atoms with Crippen molar-refractivity contribution in [1.82, 2.24) is 19.6 Å². The van der Waals surface area contributed by atoms with Gasteiger partial charge < -0.3 is 5.11 Å². The number of aliphatic hydroxyl groups is 1. The summed E-state index contributed by atoms with van der Waals surface area (Å²) in [4.78, 5) is 8.00. The number of fused-ring (bicyclic) bond motifs is 1. The molecule has 2 aromatic rings. The van der Waals surface area contributed by atoms with E-state index in [1.807, 2.05) is 0 Å². The molecule has 0 aromatic carbocycles. The summed E-state index contributed by atoms with van der Waals surface area (Å²) in [6, 6.07) is 0. The molecule has 0 bridgehead atoms. The molecule has 1 aliphatic carbocycles. The third-order valence-corrected chi connectivity index (χ3v) is 2.40. The molecule has 0 amide bonds. The Bertz CT molecular complexity index is 460. The second kappa shape index (κ2) is 2.05. The van der Waals surface area contributed by atoms with Crippen LogP contribution in [0.25, 0.3) is 5.78 Å². The van der Waals surface area contributed by atoms with Crippen molar-refractivity contribution in [2.75, 3.05) is 0 Å². The lowest BCUT2D eigenvalue weighted by Gasteiger charge is -2.05. The minimum absolute atomic E-state index is 0.563. The maximum atomic E-state index is 9.80. The summed E-state index contributed by atoms with van der Waals surface area (Å²) in [5, 5.41) is 13.7. The monoisotopic (exact) mass is 176 g/mol. The molecule has 1 aliphatic rings. The van der Waals surface area contributed by atoms with E-state index in [2.05, 4.69) is 15.1 Å². The summed E-state index contributed by atoms with van der Waals surface area (Å²) < 4.78 is 1.58. The van der Waals surface area contributed by atoms with Gasteiger partial charge in [0, 0.05) is 18.0 Å². The van der Waals surface area contributed by atoms with Crippen molar-refractivity contribution in [2.45, 2.75) is 18.4 Å². The van der Waals surface area contributed by atoms with Crippen LogP contribution in [0.2, 0.25) is 0 Å². The molecule has 2 heterocycles. The normalized spacial score (nSPS) is 19.2. The minimum Gasteiger partial charge on any atom is -0.385 e. The first-order valence-electron chi connectivity index (χ1n) is 4.16. The van der Waals surface area contributed by atoms with Crippen molar-refractivity contribution in [2.24, 2.45) is 0 Å². The van der Waals surface area contributed by atoms with Crippen LogP contribution in [0.1, 0.15) is 18.4 Å². The Morgan fingerprint density at radius 2 is 2.23 bits per heavy atom. The van der Waals surface area contributed by atoms with Gasteiger partial charge in [-0.1, -0.05) is 0 Å². The second-order valence-electron chi connectivity index (χ2n) is 3.38. The van der Waals surface area contributed by atoms with E-state index in [4.69, 9.17) is 0 Å². The predicted octanol–water partition coefficient (Wildman–Crippen LogP) is 0.106. The van der Waals surface area contributed by atoms with Crippen molar-refractivity contribution >= 4 is 5.78 Å². The van der Waals surface area contributed by atoms with Gasteiger partial charge >= 0.3 is 0 Å². The van der Waals surface area contributed by atoms with Crippen LogP contribution < -0.4 is 0 Å². The van der Waals surface area contributed by atoms with Crippen LogP contribution in [0.3, 0.4) is 0 Å². The van der Waals surface area contributed by atoms with Crippen molar-refractivity contribution in [3.63, 3.8) is 0 Å². The number of hydrogen-bond acceptors (Lipinski definition) is 4. The van der Waals surface area contributed by atoms with Crippen LogP contribution in [0.15, 0.2) is 18.7 Å². The quantitative estimate of drug-likeness (QED) is 0.669. The van der Waals surface area contributed by atoms with E-state index in [0.717, 1.165) is 18.4 Å². The van der Waals surface area contributed by atoms with Gasteiger partial charge in [0.2, 0.25) is 0 Å². The number of rotatable bonds is 1. The molecule has 66 valence electrons. The lowest BCUT2D eigenvalue weighted by molar-refractivity contribution is 0.150. The minimum atomic E-state index is -0.646. The summed E-state index contributed by atoms with van der Waals surface area (Å²) in [5.74, 6) is 0.563. The first kappa shape index (κ1) is 6.97. The summed E-state index contributed by atoms with van der Waals surface area (Å²) in [6.45, 7) is 0. The number of aromatic nitrogens is 4. The Balaban J connectivity index is 2.20. The van der Waals surface area contributed by atoms with Crippen LogP contribution in [-0.2, 0) is 5.60 Å². The maximum Gasteiger partial charge on any atom is 0.252 e. The van der Waals surface area contributed by atoms with E-state index < -0.39 is 5.60 Å². The summed E-state index contributed by atoms with van der Waals surface area (Å²) in [6.07, 6.45) is 6.52. The van der Waals surface area contributed by atoms with Crippen molar-refractivity contribution in [1.29, 1.82) is 0 Å². The molecule has 0 aliphatic heterocycles. The molecule has 0 unspecified atom stereocenters. The number of hydrogen-bond donors (Lipinski definition) is 1. The van der Waals surface area contributed by atoms with Gasteiger partial charge in [-0.05, 0) is 12.8 Å². The molecule has 0 saturated heterocycles. The Morgan fingerprint density at radius 1 is 1.38 bits per heavy atom. The zero-order valence-electron chi connectivity index (χ0n) is 6.88. The van der Waals surface area contributed by atoms with Crippen molar-refractivity contribution in [3.8, 4) is 0 Å². The first-order valence-corrected chi connectivity index (χ1v) is 4.16. The van der Waals surface area contributed by atoms with E-state index in [1.165, 1.54) is 6.33 Å². The Hall–Kier alpha value is -1.49. The highest BCUT2D eigenvalue weighted by atomic mass is 16.3. The van der Waals surface area contributed by atoms with Gasteiger partial charge in [0.25, 0.3) is 5.78 Å². The average Bonchev–Trinajstić information content (AvgIpc) is 2.74. The molecule has 2 aromatic heterocycles. The van der Waals surface area contributed by atoms with Crippen molar-refractivity contribution in [3.05, 3.63) is 24.3 Å². The lowest BCUT2D eigenvalue weighted by atomic mass is 10.2. The first-order chi connectivity index (χ1) is 6.28. The molecule has 0 spiro atoms. The molecule has 1 fully saturated rings. The fraction of sp³-hybridized carbons (Fsp3) is 0.375. The lowest BCUT2D eigenvalue weighted by Crippen LogP contribution is -2.07. The SMILES string of the molecule is OC1(c2cnc3ncnn3c2)CC1. The molecular weight excluding hydrogens is 168 g/mol. The topological polar surface area (TPSA) is 63.3 Å². The molecule has 0 radical (unpaired) electrons. The van der Waals surface area contributed by atoms with Gasteiger partial charge in [0.05, 0.1) is 5.60 Å². The highest BCUT2D eigenvalue weighted by molar-refractivity contribution is 5.30. The predicted molar refractivity (Wildman–Crippen MR) is 43.9 cm³/mol.